The van der Waals surface area contributed by atoms with Crippen molar-refractivity contribution in [2.24, 2.45) is 0 Å². The Labute approximate surface area is 115 Å². The molecule has 94 valence electrons. The van der Waals surface area contributed by atoms with Crippen molar-refractivity contribution in [1.82, 2.24) is 4.72 Å². The molecule has 1 aliphatic rings. The third-order valence-electron chi connectivity index (χ3n) is 3.04. The Bertz CT molecular complexity index is 540. The van der Waals surface area contributed by atoms with E-state index in [1.54, 1.807) is 12.1 Å². The Balaban J connectivity index is 2.28. The molecule has 0 bridgehead atoms. The van der Waals surface area contributed by atoms with Gasteiger partial charge in [0, 0.05) is 10.0 Å². The second kappa shape index (κ2) is 4.53. The molecule has 6 heteroatoms. The molecule has 2 rings (SSSR count). The number of sulfonamides is 1. The molecular weight excluding hydrogens is 326 g/mol. The zero-order valence-corrected chi connectivity index (χ0v) is 12.5. The van der Waals surface area contributed by atoms with Crippen molar-refractivity contribution in [1.29, 1.82) is 0 Å². The maximum atomic E-state index is 12.1. The highest BCUT2D eigenvalue weighted by Gasteiger charge is 2.36. The van der Waals surface area contributed by atoms with Crippen molar-refractivity contribution in [3.05, 3.63) is 27.7 Å². The van der Waals surface area contributed by atoms with Crippen LogP contribution in [0.1, 0.15) is 26.2 Å². The highest BCUT2D eigenvalue weighted by molar-refractivity contribution is 9.10. The maximum absolute atomic E-state index is 12.1. The fourth-order valence-corrected chi connectivity index (χ4v) is 3.82. The molecule has 0 aliphatic heterocycles. The third-order valence-corrected chi connectivity index (χ3v) is 5.91. The van der Waals surface area contributed by atoms with Crippen LogP contribution in [0.2, 0.25) is 5.02 Å². The summed E-state index contributed by atoms with van der Waals surface area (Å²) >= 11 is 9.14. The van der Waals surface area contributed by atoms with Gasteiger partial charge < -0.3 is 0 Å². The number of nitrogens with one attached hydrogen (secondary N) is 1. The third kappa shape index (κ3) is 2.84. The van der Waals surface area contributed by atoms with Gasteiger partial charge in [-0.2, -0.15) is 0 Å². The van der Waals surface area contributed by atoms with E-state index in [0.29, 0.717) is 9.50 Å². The van der Waals surface area contributed by atoms with Crippen LogP contribution in [0, 0.1) is 0 Å². The number of rotatable bonds is 3. The summed E-state index contributed by atoms with van der Waals surface area (Å²) < 4.78 is 27.7. The summed E-state index contributed by atoms with van der Waals surface area (Å²) in [4.78, 5) is 0.207. The minimum absolute atomic E-state index is 0.207. The molecular formula is C11H13BrClNO2S. The lowest BCUT2D eigenvalue weighted by molar-refractivity contribution is 0.248. The number of hydrogen-bond donors (Lipinski definition) is 1. The fourth-order valence-electron chi connectivity index (χ4n) is 1.84. The van der Waals surface area contributed by atoms with Gasteiger partial charge >= 0.3 is 0 Å². The van der Waals surface area contributed by atoms with E-state index in [1.807, 2.05) is 6.92 Å². The van der Waals surface area contributed by atoms with E-state index in [0.717, 1.165) is 19.3 Å². The van der Waals surface area contributed by atoms with Crippen LogP contribution in [-0.4, -0.2) is 14.0 Å². The minimum Gasteiger partial charge on any atom is -0.207 e. The number of hydrogen-bond acceptors (Lipinski definition) is 2. The molecule has 1 aromatic carbocycles. The lowest BCUT2D eigenvalue weighted by Crippen LogP contribution is -2.50. The first-order chi connectivity index (χ1) is 7.82. The predicted molar refractivity (Wildman–Crippen MR) is 71.7 cm³/mol. The lowest BCUT2D eigenvalue weighted by Gasteiger charge is -2.38. The van der Waals surface area contributed by atoms with E-state index in [2.05, 4.69) is 20.7 Å². The molecule has 1 saturated carbocycles. The molecule has 1 aromatic rings. The highest BCUT2D eigenvalue weighted by Crippen LogP contribution is 2.33. The molecule has 0 spiro atoms. The van der Waals surface area contributed by atoms with Crippen molar-refractivity contribution in [3.63, 3.8) is 0 Å². The topological polar surface area (TPSA) is 46.2 Å². The lowest BCUT2D eigenvalue weighted by atomic mass is 9.80. The first kappa shape index (κ1) is 13.3. The molecule has 3 nitrogen and oxygen atoms in total. The molecule has 0 heterocycles. The van der Waals surface area contributed by atoms with Crippen molar-refractivity contribution in [2.45, 2.75) is 36.6 Å². The average Bonchev–Trinajstić information content (AvgIpc) is 2.19. The van der Waals surface area contributed by atoms with Crippen LogP contribution in [0.15, 0.2) is 27.6 Å². The Morgan fingerprint density at radius 1 is 1.41 bits per heavy atom. The van der Waals surface area contributed by atoms with Crippen LogP contribution in [0.5, 0.6) is 0 Å². The van der Waals surface area contributed by atoms with Crippen LogP contribution < -0.4 is 4.72 Å². The minimum atomic E-state index is -3.47. The Hall–Kier alpha value is -0.100. The molecule has 0 unspecified atom stereocenters. The smallest absolute Gasteiger partial charge is 0.207 e. The largest absolute Gasteiger partial charge is 0.241 e. The molecule has 17 heavy (non-hydrogen) atoms. The maximum Gasteiger partial charge on any atom is 0.241 e. The summed E-state index contributed by atoms with van der Waals surface area (Å²) in [6, 6.07) is 4.64. The van der Waals surface area contributed by atoms with Crippen LogP contribution in [0.3, 0.4) is 0 Å². The Morgan fingerprint density at radius 2 is 2.06 bits per heavy atom. The van der Waals surface area contributed by atoms with Crippen molar-refractivity contribution in [2.75, 3.05) is 0 Å². The predicted octanol–water partition coefficient (Wildman–Crippen LogP) is 3.32. The van der Waals surface area contributed by atoms with Crippen LogP contribution in [-0.2, 0) is 10.0 Å². The SMILES string of the molecule is CC1(NS(=O)(=O)c2ccc(Br)c(Cl)c2)CCC1. The number of halogens is 2. The summed E-state index contributed by atoms with van der Waals surface area (Å²) in [6.07, 6.45) is 2.84. The van der Waals surface area contributed by atoms with Gasteiger partial charge in [0.1, 0.15) is 0 Å². The molecule has 0 aromatic heterocycles. The fraction of sp³-hybridized carbons (Fsp3) is 0.455. The normalized spacial score (nSPS) is 18.8. The van der Waals surface area contributed by atoms with Gasteiger partial charge in [-0.1, -0.05) is 11.6 Å². The standard InChI is InChI=1S/C11H13BrClNO2S/c1-11(5-2-6-11)14-17(15,16)8-3-4-9(12)10(13)7-8/h3-4,7,14H,2,5-6H2,1H3. The zero-order chi connectivity index (χ0) is 12.7. The first-order valence-corrected chi connectivity index (χ1v) is 7.97. The second-order valence-corrected chi connectivity index (χ2v) is 7.54. The van der Waals surface area contributed by atoms with Crippen molar-refractivity contribution >= 4 is 37.6 Å². The van der Waals surface area contributed by atoms with E-state index < -0.39 is 10.0 Å². The van der Waals surface area contributed by atoms with Gasteiger partial charge in [0.25, 0.3) is 0 Å². The molecule has 0 atom stereocenters. The summed E-state index contributed by atoms with van der Waals surface area (Å²) in [5.41, 5.74) is -0.293. The van der Waals surface area contributed by atoms with Crippen LogP contribution >= 0.6 is 27.5 Å². The Kier molecular flexibility index (Phi) is 3.56. The number of benzene rings is 1. The highest BCUT2D eigenvalue weighted by atomic mass is 79.9. The van der Waals surface area contributed by atoms with E-state index in [1.165, 1.54) is 6.07 Å². The van der Waals surface area contributed by atoms with E-state index in [9.17, 15) is 8.42 Å². The van der Waals surface area contributed by atoms with Gasteiger partial charge in [-0.15, -0.1) is 0 Å². The van der Waals surface area contributed by atoms with Gasteiger partial charge in [-0.25, -0.2) is 13.1 Å². The van der Waals surface area contributed by atoms with E-state index in [-0.39, 0.29) is 10.4 Å². The van der Waals surface area contributed by atoms with E-state index >= 15 is 0 Å². The Morgan fingerprint density at radius 3 is 2.53 bits per heavy atom. The summed E-state index contributed by atoms with van der Waals surface area (Å²) in [5, 5.41) is 0.395. The van der Waals surface area contributed by atoms with Crippen molar-refractivity contribution < 1.29 is 8.42 Å². The van der Waals surface area contributed by atoms with Gasteiger partial charge in [0.05, 0.1) is 9.92 Å². The van der Waals surface area contributed by atoms with E-state index in [4.69, 9.17) is 11.6 Å². The van der Waals surface area contributed by atoms with Gasteiger partial charge in [0.15, 0.2) is 0 Å². The van der Waals surface area contributed by atoms with Crippen LogP contribution in [0.25, 0.3) is 0 Å². The second-order valence-electron chi connectivity index (χ2n) is 4.60. The van der Waals surface area contributed by atoms with Gasteiger partial charge in [-0.3, -0.25) is 0 Å². The summed E-state index contributed by atoms with van der Waals surface area (Å²) in [5.74, 6) is 0. The molecule has 1 aliphatic carbocycles. The average molecular weight is 339 g/mol. The monoisotopic (exact) mass is 337 g/mol. The first-order valence-electron chi connectivity index (χ1n) is 5.31. The summed E-state index contributed by atoms with van der Waals surface area (Å²) in [6.45, 7) is 1.93. The van der Waals surface area contributed by atoms with Crippen LogP contribution in [0.4, 0.5) is 0 Å². The van der Waals surface area contributed by atoms with Gasteiger partial charge in [-0.05, 0) is 60.3 Å². The molecule has 0 amide bonds. The summed E-state index contributed by atoms with van der Waals surface area (Å²) in [7, 11) is -3.47. The quantitative estimate of drug-likeness (QED) is 0.919. The molecule has 1 N–H and O–H groups in total. The molecule has 0 saturated heterocycles. The van der Waals surface area contributed by atoms with Gasteiger partial charge in [0.2, 0.25) is 10.0 Å². The molecule has 0 radical (unpaired) electrons. The zero-order valence-electron chi connectivity index (χ0n) is 9.33. The van der Waals surface area contributed by atoms with Crippen molar-refractivity contribution in [3.8, 4) is 0 Å². The molecule has 1 fully saturated rings.